The zero-order chi connectivity index (χ0) is 13.1. The molecule has 1 aliphatic rings. The summed E-state index contributed by atoms with van der Waals surface area (Å²) in [5.41, 5.74) is 2.97. The molecule has 4 heteroatoms. The molecule has 0 saturated carbocycles. The van der Waals surface area contributed by atoms with Gasteiger partial charge in [0.05, 0.1) is 17.1 Å². The number of carbonyl (C=O) groups excluding carboxylic acids is 1. The highest BCUT2D eigenvalue weighted by Gasteiger charge is 2.28. The van der Waals surface area contributed by atoms with Crippen LogP contribution in [0.15, 0.2) is 54.2 Å². The largest absolute Gasteiger partial charge is 0.386 e. The van der Waals surface area contributed by atoms with Crippen LogP contribution >= 0.6 is 0 Å². The van der Waals surface area contributed by atoms with Crippen molar-refractivity contribution >= 4 is 17.3 Å². The molecule has 1 N–H and O–H groups in total. The minimum Gasteiger partial charge on any atom is -0.386 e. The van der Waals surface area contributed by atoms with Gasteiger partial charge in [-0.15, -0.1) is 6.58 Å². The average molecular weight is 242 g/mol. The van der Waals surface area contributed by atoms with Crippen LogP contribution in [0.4, 0.5) is 5.69 Å². The Morgan fingerprint density at radius 3 is 2.83 bits per heavy atom. The molecule has 1 heterocycles. The fraction of sp³-hybridized carbons (Fsp3) is 0.143. The number of nitrogens with zero attached hydrogens (tertiary/aromatic N) is 2. The number of anilines is 1. The molecule has 0 aromatic heterocycles. The molecular weight excluding hydrogens is 228 g/mol. The van der Waals surface area contributed by atoms with E-state index in [1.54, 1.807) is 6.08 Å². The van der Waals surface area contributed by atoms with Crippen LogP contribution in [-0.4, -0.2) is 29.9 Å². The summed E-state index contributed by atoms with van der Waals surface area (Å²) in [5.74, 6) is -0.568. The monoisotopic (exact) mass is 242 g/mol. The van der Waals surface area contributed by atoms with E-state index in [9.17, 15) is 4.79 Å². The van der Waals surface area contributed by atoms with Gasteiger partial charge in [-0.2, -0.15) is 0 Å². The maximum absolute atomic E-state index is 11.3. The van der Waals surface area contributed by atoms with Gasteiger partial charge in [0.1, 0.15) is 6.61 Å². The van der Waals surface area contributed by atoms with Crippen LogP contribution in [0.25, 0.3) is 0 Å². The SMILES string of the molecule is C=CCN1C(=C)/C(=N/C(=O)CO)c2ccccc21. The van der Waals surface area contributed by atoms with Crippen LogP contribution in [-0.2, 0) is 4.79 Å². The molecule has 4 nitrogen and oxygen atoms in total. The van der Waals surface area contributed by atoms with Gasteiger partial charge in [0.2, 0.25) is 0 Å². The number of rotatable bonds is 3. The summed E-state index contributed by atoms with van der Waals surface area (Å²) in [4.78, 5) is 17.1. The minimum atomic E-state index is -0.597. The lowest BCUT2D eigenvalue weighted by molar-refractivity contribution is -0.120. The molecule has 0 atom stereocenters. The summed E-state index contributed by atoms with van der Waals surface area (Å²) in [6.45, 7) is 7.66. The van der Waals surface area contributed by atoms with Crippen molar-refractivity contribution in [3.8, 4) is 0 Å². The summed E-state index contributed by atoms with van der Waals surface area (Å²) < 4.78 is 0. The second kappa shape index (κ2) is 4.98. The molecule has 1 amide bonds. The van der Waals surface area contributed by atoms with Crippen LogP contribution in [0.5, 0.6) is 0 Å². The first kappa shape index (κ1) is 12.3. The predicted molar refractivity (Wildman–Crippen MR) is 71.8 cm³/mol. The van der Waals surface area contributed by atoms with Crippen molar-refractivity contribution in [1.29, 1.82) is 0 Å². The van der Waals surface area contributed by atoms with E-state index in [1.165, 1.54) is 0 Å². The third-order valence-electron chi connectivity index (χ3n) is 2.73. The van der Waals surface area contributed by atoms with Crippen LogP contribution in [0.3, 0.4) is 0 Å². The molecule has 0 radical (unpaired) electrons. The third-order valence-corrected chi connectivity index (χ3v) is 2.73. The number of para-hydroxylation sites is 1. The fourth-order valence-electron chi connectivity index (χ4n) is 1.96. The Bertz CT molecular complexity index is 546. The first-order chi connectivity index (χ1) is 8.69. The number of fused-ring (bicyclic) bond motifs is 1. The van der Waals surface area contributed by atoms with Gasteiger partial charge in [-0.3, -0.25) is 4.79 Å². The maximum Gasteiger partial charge on any atom is 0.271 e. The van der Waals surface area contributed by atoms with Crippen molar-refractivity contribution in [1.82, 2.24) is 0 Å². The standard InChI is InChI=1S/C14H14N2O2/c1-3-8-16-10(2)14(15-13(18)9-17)11-6-4-5-7-12(11)16/h3-7,17H,1-2,8-9H2/b15-14-. The summed E-state index contributed by atoms with van der Waals surface area (Å²) in [6, 6.07) is 7.62. The van der Waals surface area contributed by atoms with Gasteiger partial charge in [0.25, 0.3) is 5.91 Å². The predicted octanol–water partition coefficient (Wildman–Crippen LogP) is 1.51. The van der Waals surface area contributed by atoms with E-state index < -0.39 is 12.5 Å². The molecule has 1 aromatic carbocycles. The van der Waals surface area contributed by atoms with Crippen molar-refractivity contribution in [2.24, 2.45) is 4.99 Å². The lowest BCUT2D eigenvalue weighted by atomic mass is 10.1. The smallest absolute Gasteiger partial charge is 0.271 e. The van der Waals surface area contributed by atoms with Crippen molar-refractivity contribution in [3.05, 3.63) is 54.8 Å². The van der Waals surface area contributed by atoms with Crippen molar-refractivity contribution in [2.75, 3.05) is 18.1 Å². The van der Waals surface area contributed by atoms with Crippen LogP contribution in [0.2, 0.25) is 0 Å². The average Bonchev–Trinajstić information content (AvgIpc) is 2.65. The molecule has 0 saturated heterocycles. The second-order valence-electron chi connectivity index (χ2n) is 3.88. The van der Waals surface area contributed by atoms with Gasteiger partial charge < -0.3 is 10.0 Å². The number of allylic oxidation sites excluding steroid dienone is 1. The molecule has 1 aliphatic heterocycles. The van der Waals surface area contributed by atoms with E-state index in [0.29, 0.717) is 18.0 Å². The minimum absolute atomic E-state index is 0.520. The Morgan fingerprint density at radius 1 is 1.44 bits per heavy atom. The molecule has 0 fully saturated rings. The van der Waals surface area contributed by atoms with E-state index >= 15 is 0 Å². The van der Waals surface area contributed by atoms with Crippen LogP contribution in [0, 0.1) is 0 Å². The van der Waals surface area contributed by atoms with E-state index in [-0.39, 0.29) is 0 Å². The summed E-state index contributed by atoms with van der Waals surface area (Å²) in [7, 11) is 0. The number of hydrogen-bond donors (Lipinski definition) is 1. The summed E-state index contributed by atoms with van der Waals surface area (Å²) in [5, 5.41) is 8.78. The number of amides is 1. The number of aliphatic hydroxyl groups excluding tert-OH is 1. The van der Waals surface area contributed by atoms with Crippen LogP contribution < -0.4 is 4.90 Å². The molecule has 0 aliphatic carbocycles. The zero-order valence-electron chi connectivity index (χ0n) is 9.97. The maximum atomic E-state index is 11.3. The Labute approximate surface area is 106 Å². The van der Waals surface area contributed by atoms with E-state index in [4.69, 9.17) is 5.11 Å². The fourth-order valence-corrected chi connectivity index (χ4v) is 1.96. The molecule has 0 bridgehead atoms. The molecule has 0 unspecified atom stereocenters. The van der Waals surface area contributed by atoms with Crippen LogP contribution in [0.1, 0.15) is 5.56 Å². The molecule has 2 rings (SSSR count). The first-order valence-corrected chi connectivity index (χ1v) is 5.58. The quantitative estimate of drug-likeness (QED) is 0.817. The van der Waals surface area contributed by atoms with E-state index in [0.717, 1.165) is 11.3 Å². The lowest BCUT2D eigenvalue weighted by Gasteiger charge is -2.17. The van der Waals surface area contributed by atoms with E-state index in [1.807, 2.05) is 29.2 Å². The number of aliphatic hydroxyl groups is 1. The van der Waals surface area contributed by atoms with Gasteiger partial charge in [-0.05, 0) is 6.07 Å². The summed E-state index contributed by atoms with van der Waals surface area (Å²) >= 11 is 0. The molecule has 18 heavy (non-hydrogen) atoms. The number of benzene rings is 1. The number of hydrogen-bond acceptors (Lipinski definition) is 3. The van der Waals surface area contributed by atoms with Gasteiger partial charge in [0, 0.05) is 12.1 Å². The van der Waals surface area contributed by atoms with Crippen molar-refractivity contribution in [2.45, 2.75) is 0 Å². The van der Waals surface area contributed by atoms with Crippen molar-refractivity contribution in [3.63, 3.8) is 0 Å². The Kier molecular flexibility index (Phi) is 3.39. The summed E-state index contributed by atoms with van der Waals surface area (Å²) in [6.07, 6.45) is 1.76. The highest BCUT2D eigenvalue weighted by Crippen LogP contribution is 2.33. The molecule has 92 valence electrons. The normalized spacial score (nSPS) is 15.9. The van der Waals surface area contributed by atoms with Gasteiger partial charge in [-0.25, -0.2) is 4.99 Å². The Morgan fingerprint density at radius 2 is 2.17 bits per heavy atom. The van der Waals surface area contributed by atoms with E-state index in [2.05, 4.69) is 18.2 Å². The third kappa shape index (κ3) is 1.98. The zero-order valence-corrected chi connectivity index (χ0v) is 9.97. The van der Waals surface area contributed by atoms with Gasteiger partial charge in [-0.1, -0.05) is 30.9 Å². The first-order valence-electron chi connectivity index (χ1n) is 5.58. The lowest BCUT2D eigenvalue weighted by Crippen LogP contribution is -2.20. The Balaban J connectivity index is 2.51. The molecule has 1 aromatic rings. The van der Waals surface area contributed by atoms with Gasteiger partial charge >= 0.3 is 0 Å². The van der Waals surface area contributed by atoms with Crippen molar-refractivity contribution < 1.29 is 9.90 Å². The molecule has 0 spiro atoms. The Hall–Kier alpha value is -2.20. The highest BCUT2D eigenvalue weighted by atomic mass is 16.3. The molecular formula is C14H14N2O2. The van der Waals surface area contributed by atoms with Gasteiger partial charge in [0.15, 0.2) is 0 Å². The number of aliphatic imine (C=N–C) groups is 1. The highest BCUT2D eigenvalue weighted by molar-refractivity contribution is 6.24. The second-order valence-corrected chi connectivity index (χ2v) is 3.88. The number of carbonyl (C=O) groups is 1. The topological polar surface area (TPSA) is 52.9 Å².